The maximum Gasteiger partial charge on any atom is 0.223 e. The lowest BCUT2D eigenvalue weighted by atomic mass is 9.75. The third-order valence-electron chi connectivity index (χ3n) is 6.51. The molecule has 30 heavy (non-hydrogen) atoms. The van der Waals surface area contributed by atoms with Gasteiger partial charge in [-0.2, -0.15) is 0 Å². The summed E-state index contributed by atoms with van der Waals surface area (Å²) in [4.78, 5) is 29.4. The Labute approximate surface area is 179 Å². The molecule has 5 nitrogen and oxygen atoms in total. The van der Waals surface area contributed by atoms with Crippen LogP contribution in [-0.4, -0.2) is 54.4 Å². The number of carbonyl (C=O) groups is 2. The van der Waals surface area contributed by atoms with Crippen molar-refractivity contribution in [2.75, 3.05) is 32.8 Å². The Kier molecular flexibility index (Phi) is 8.11. The number of rotatable bonds is 8. The van der Waals surface area contributed by atoms with Crippen LogP contribution in [0.1, 0.15) is 64.7 Å². The maximum atomic E-state index is 13.2. The zero-order valence-electron chi connectivity index (χ0n) is 18.2. The van der Waals surface area contributed by atoms with Gasteiger partial charge in [0.25, 0.3) is 0 Å². The van der Waals surface area contributed by atoms with Gasteiger partial charge < -0.3 is 14.5 Å². The van der Waals surface area contributed by atoms with Crippen molar-refractivity contribution in [3.63, 3.8) is 0 Å². The molecule has 2 amide bonds. The highest BCUT2D eigenvalue weighted by molar-refractivity contribution is 5.78. The predicted molar refractivity (Wildman–Crippen MR) is 115 cm³/mol. The van der Waals surface area contributed by atoms with Crippen LogP contribution in [0.4, 0.5) is 4.39 Å². The van der Waals surface area contributed by atoms with E-state index in [-0.39, 0.29) is 23.0 Å². The molecule has 2 aliphatic heterocycles. The van der Waals surface area contributed by atoms with Crippen LogP contribution >= 0.6 is 0 Å². The highest BCUT2D eigenvalue weighted by Crippen LogP contribution is 2.37. The van der Waals surface area contributed by atoms with E-state index < -0.39 is 0 Å². The molecular formula is C24H35FN2O3. The van der Waals surface area contributed by atoms with Gasteiger partial charge in [-0.05, 0) is 62.8 Å². The minimum Gasteiger partial charge on any atom is -0.493 e. The average Bonchev–Trinajstić information content (AvgIpc) is 2.78. The number of piperidine rings is 2. The predicted octanol–water partition coefficient (Wildman–Crippen LogP) is 4.41. The maximum absolute atomic E-state index is 13.2. The van der Waals surface area contributed by atoms with Gasteiger partial charge in [0.1, 0.15) is 11.6 Å². The topological polar surface area (TPSA) is 49.9 Å². The minimum atomic E-state index is -0.295. The van der Waals surface area contributed by atoms with Crippen LogP contribution in [0, 0.1) is 11.2 Å². The Morgan fingerprint density at radius 2 is 1.60 bits per heavy atom. The summed E-state index contributed by atoms with van der Waals surface area (Å²) < 4.78 is 19.2. The van der Waals surface area contributed by atoms with Gasteiger partial charge in [0.2, 0.25) is 11.8 Å². The van der Waals surface area contributed by atoms with E-state index in [0.717, 1.165) is 51.6 Å². The number of ether oxygens (including phenoxy) is 1. The van der Waals surface area contributed by atoms with Crippen molar-refractivity contribution >= 4 is 11.8 Å². The Bertz CT molecular complexity index is 693. The first-order valence-electron chi connectivity index (χ1n) is 11.5. The first kappa shape index (κ1) is 22.6. The fraction of sp³-hybridized carbons (Fsp3) is 0.667. The van der Waals surface area contributed by atoms with Gasteiger partial charge in [-0.3, -0.25) is 9.59 Å². The van der Waals surface area contributed by atoms with Crippen LogP contribution in [0.15, 0.2) is 24.3 Å². The number of hydrogen-bond donors (Lipinski definition) is 0. The lowest BCUT2D eigenvalue weighted by Gasteiger charge is -2.42. The molecule has 166 valence electrons. The normalized spacial score (nSPS) is 18.9. The monoisotopic (exact) mass is 418 g/mol. The summed E-state index contributed by atoms with van der Waals surface area (Å²) in [5.74, 6) is 0.731. The van der Waals surface area contributed by atoms with Crippen molar-refractivity contribution in [3.8, 4) is 5.75 Å². The van der Waals surface area contributed by atoms with E-state index in [4.69, 9.17) is 4.74 Å². The average molecular weight is 419 g/mol. The molecule has 0 atom stereocenters. The molecular weight excluding hydrogens is 383 g/mol. The largest absolute Gasteiger partial charge is 0.493 e. The molecule has 2 aliphatic rings. The first-order valence-corrected chi connectivity index (χ1v) is 11.5. The number of hydrogen-bond acceptors (Lipinski definition) is 3. The Balaban J connectivity index is 1.64. The first-order chi connectivity index (χ1) is 14.5. The Morgan fingerprint density at radius 3 is 2.23 bits per heavy atom. The Hall–Kier alpha value is -2.11. The standard InChI is InChI=1S/C24H35FN2O3/c1-2-3-7-22(28)27-16-12-24(13-17-27,18-23(29)26-14-5-4-6-15-26)19-30-21-10-8-20(25)9-11-21/h8-11H,2-7,12-19H2,1H3. The van der Waals surface area contributed by atoms with Gasteiger partial charge in [-0.1, -0.05) is 13.3 Å². The number of nitrogens with zero attached hydrogens (tertiary/aromatic N) is 2. The van der Waals surface area contributed by atoms with Gasteiger partial charge in [0.05, 0.1) is 6.61 Å². The molecule has 1 aromatic carbocycles. The second-order valence-electron chi connectivity index (χ2n) is 8.85. The third kappa shape index (κ3) is 6.19. The molecule has 0 radical (unpaired) electrons. The second-order valence-corrected chi connectivity index (χ2v) is 8.85. The molecule has 2 fully saturated rings. The molecule has 0 spiro atoms. The highest BCUT2D eigenvalue weighted by Gasteiger charge is 2.39. The molecule has 0 N–H and O–H groups in total. The fourth-order valence-electron chi connectivity index (χ4n) is 4.43. The lowest BCUT2D eigenvalue weighted by molar-refractivity contribution is -0.138. The van der Waals surface area contributed by atoms with Gasteiger partial charge in [0, 0.05) is 44.4 Å². The van der Waals surface area contributed by atoms with E-state index in [1.54, 1.807) is 12.1 Å². The molecule has 6 heteroatoms. The van der Waals surface area contributed by atoms with Crippen LogP contribution in [-0.2, 0) is 9.59 Å². The van der Waals surface area contributed by atoms with Crippen LogP contribution < -0.4 is 4.74 Å². The Morgan fingerprint density at radius 1 is 0.967 bits per heavy atom. The van der Waals surface area contributed by atoms with E-state index in [9.17, 15) is 14.0 Å². The van der Waals surface area contributed by atoms with Crippen molar-refractivity contribution in [1.82, 2.24) is 9.80 Å². The van der Waals surface area contributed by atoms with Crippen molar-refractivity contribution in [2.45, 2.75) is 64.7 Å². The molecule has 2 heterocycles. The summed E-state index contributed by atoms with van der Waals surface area (Å²) in [6.07, 6.45) is 7.83. The van der Waals surface area contributed by atoms with Crippen molar-refractivity contribution in [3.05, 3.63) is 30.1 Å². The lowest BCUT2D eigenvalue weighted by Crippen LogP contribution is -2.48. The van der Waals surface area contributed by atoms with E-state index >= 15 is 0 Å². The summed E-state index contributed by atoms with van der Waals surface area (Å²) in [5.41, 5.74) is -0.287. The summed E-state index contributed by atoms with van der Waals surface area (Å²) in [6.45, 7) is 5.53. The summed E-state index contributed by atoms with van der Waals surface area (Å²) >= 11 is 0. The molecule has 0 aliphatic carbocycles. The number of carbonyl (C=O) groups excluding carboxylic acids is 2. The number of likely N-dealkylation sites (tertiary alicyclic amines) is 2. The van der Waals surface area contributed by atoms with Crippen LogP contribution in [0.5, 0.6) is 5.75 Å². The second kappa shape index (κ2) is 10.8. The third-order valence-corrected chi connectivity index (χ3v) is 6.51. The molecule has 0 bridgehead atoms. The van der Waals surface area contributed by atoms with Gasteiger partial charge in [-0.15, -0.1) is 0 Å². The van der Waals surface area contributed by atoms with Gasteiger partial charge >= 0.3 is 0 Å². The number of amides is 2. The SMILES string of the molecule is CCCCC(=O)N1CCC(COc2ccc(F)cc2)(CC(=O)N2CCCCC2)CC1. The minimum absolute atomic E-state index is 0.197. The van der Waals surface area contributed by atoms with Crippen LogP contribution in [0.2, 0.25) is 0 Å². The van der Waals surface area contributed by atoms with E-state index in [1.165, 1.54) is 18.6 Å². The highest BCUT2D eigenvalue weighted by atomic mass is 19.1. The zero-order chi connectivity index (χ0) is 21.4. The van der Waals surface area contributed by atoms with Crippen molar-refractivity contribution < 1.29 is 18.7 Å². The smallest absolute Gasteiger partial charge is 0.223 e. The van der Waals surface area contributed by atoms with Crippen LogP contribution in [0.25, 0.3) is 0 Å². The van der Waals surface area contributed by atoms with Crippen molar-refractivity contribution in [2.24, 2.45) is 5.41 Å². The van der Waals surface area contributed by atoms with Crippen molar-refractivity contribution in [1.29, 1.82) is 0 Å². The van der Waals surface area contributed by atoms with E-state index in [1.807, 2.05) is 9.80 Å². The number of benzene rings is 1. The van der Waals surface area contributed by atoms with Gasteiger partial charge in [0.15, 0.2) is 0 Å². The molecule has 2 saturated heterocycles. The van der Waals surface area contributed by atoms with E-state index in [2.05, 4.69) is 6.92 Å². The molecule has 0 saturated carbocycles. The quantitative estimate of drug-likeness (QED) is 0.628. The van der Waals surface area contributed by atoms with Crippen LogP contribution in [0.3, 0.4) is 0 Å². The molecule has 3 rings (SSSR count). The summed E-state index contributed by atoms with van der Waals surface area (Å²) in [5, 5.41) is 0. The summed E-state index contributed by atoms with van der Waals surface area (Å²) in [7, 11) is 0. The number of unbranched alkanes of at least 4 members (excludes halogenated alkanes) is 1. The molecule has 0 aromatic heterocycles. The summed E-state index contributed by atoms with van der Waals surface area (Å²) in [6, 6.07) is 6.02. The molecule has 1 aromatic rings. The molecule has 0 unspecified atom stereocenters. The number of halogens is 1. The zero-order valence-corrected chi connectivity index (χ0v) is 18.2. The fourth-order valence-corrected chi connectivity index (χ4v) is 4.43. The van der Waals surface area contributed by atoms with Gasteiger partial charge in [-0.25, -0.2) is 4.39 Å². The van der Waals surface area contributed by atoms with E-state index in [0.29, 0.717) is 38.3 Å².